The van der Waals surface area contributed by atoms with Crippen LogP contribution in [0.15, 0.2) is 0 Å². The maximum Gasteiger partial charge on any atom is 0.0431 e. The van der Waals surface area contributed by atoms with E-state index in [1.54, 1.807) is 0 Å². The van der Waals surface area contributed by atoms with Gasteiger partial charge in [-0.05, 0) is 19.3 Å². The lowest BCUT2D eigenvalue weighted by Gasteiger charge is -1.89. The smallest absolute Gasteiger partial charge is 0.0431 e. The third kappa shape index (κ3) is 9.52. The SMILES string of the molecule is CCCCCC#CCCCCO. The van der Waals surface area contributed by atoms with Crippen LogP contribution in [0, 0.1) is 11.8 Å². The highest BCUT2D eigenvalue weighted by Crippen LogP contribution is 1.97. The topological polar surface area (TPSA) is 20.2 Å². The van der Waals surface area contributed by atoms with E-state index in [0.717, 1.165) is 25.7 Å². The minimum Gasteiger partial charge on any atom is -0.396 e. The Balaban J connectivity index is 3.01. The summed E-state index contributed by atoms with van der Waals surface area (Å²) in [5.41, 5.74) is 0. The minimum atomic E-state index is 0.303. The summed E-state index contributed by atoms with van der Waals surface area (Å²) in [5, 5.41) is 8.49. The first-order chi connectivity index (χ1) is 5.91. The Morgan fingerprint density at radius 3 is 2.00 bits per heavy atom. The van der Waals surface area contributed by atoms with E-state index < -0.39 is 0 Å². The summed E-state index contributed by atoms with van der Waals surface area (Å²) in [6.07, 6.45) is 7.74. The van der Waals surface area contributed by atoms with Gasteiger partial charge in [0, 0.05) is 19.4 Å². The van der Waals surface area contributed by atoms with Crippen LogP contribution >= 0.6 is 0 Å². The molecule has 0 radical (unpaired) electrons. The predicted octanol–water partition coefficient (Wildman–Crippen LogP) is 2.73. The Kier molecular flexibility index (Phi) is 10.1. The summed E-state index contributed by atoms with van der Waals surface area (Å²) in [5.74, 6) is 6.27. The van der Waals surface area contributed by atoms with Crippen molar-refractivity contribution in [2.45, 2.75) is 51.9 Å². The number of aliphatic hydroxyl groups excluding tert-OH is 1. The molecule has 0 aromatic heterocycles. The zero-order valence-electron chi connectivity index (χ0n) is 8.10. The normalized spacial score (nSPS) is 9.17. The second-order valence-corrected chi connectivity index (χ2v) is 2.99. The fraction of sp³-hybridized carbons (Fsp3) is 0.818. The van der Waals surface area contributed by atoms with Crippen LogP contribution in [-0.2, 0) is 0 Å². The number of hydrogen-bond acceptors (Lipinski definition) is 1. The van der Waals surface area contributed by atoms with Gasteiger partial charge in [0.25, 0.3) is 0 Å². The third-order valence-electron chi connectivity index (χ3n) is 1.74. The average molecular weight is 168 g/mol. The Hall–Kier alpha value is -0.480. The van der Waals surface area contributed by atoms with E-state index in [4.69, 9.17) is 5.11 Å². The molecule has 0 atom stereocenters. The van der Waals surface area contributed by atoms with E-state index in [9.17, 15) is 0 Å². The summed E-state index contributed by atoms with van der Waals surface area (Å²) in [6.45, 7) is 2.51. The van der Waals surface area contributed by atoms with Crippen molar-refractivity contribution in [3.05, 3.63) is 0 Å². The van der Waals surface area contributed by atoms with E-state index in [2.05, 4.69) is 18.8 Å². The number of unbranched alkanes of at least 4 members (excludes halogenated alkanes) is 5. The van der Waals surface area contributed by atoms with E-state index in [0.29, 0.717) is 6.61 Å². The number of aliphatic hydroxyl groups is 1. The molecule has 70 valence electrons. The maximum absolute atomic E-state index is 8.49. The summed E-state index contributed by atoms with van der Waals surface area (Å²) in [7, 11) is 0. The van der Waals surface area contributed by atoms with Crippen LogP contribution in [0.25, 0.3) is 0 Å². The first-order valence-corrected chi connectivity index (χ1v) is 4.98. The first-order valence-electron chi connectivity index (χ1n) is 4.98. The Morgan fingerprint density at radius 1 is 0.917 bits per heavy atom. The maximum atomic E-state index is 8.49. The van der Waals surface area contributed by atoms with Crippen molar-refractivity contribution in [2.75, 3.05) is 6.61 Å². The average Bonchev–Trinajstić information content (AvgIpc) is 2.10. The lowest BCUT2D eigenvalue weighted by atomic mass is 10.2. The van der Waals surface area contributed by atoms with E-state index in [1.807, 2.05) is 0 Å². The van der Waals surface area contributed by atoms with Gasteiger partial charge in [-0.1, -0.05) is 19.8 Å². The number of hydrogen-bond donors (Lipinski definition) is 1. The van der Waals surface area contributed by atoms with E-state index in [1.165, 1.54) is 19.3 Å². The number of rotatable bonds is 6. The molecule has 0 spiro atoms. The summed E-state index contributed by atoms with van der Waals surface area (Å²) >= 11 is 0. The molecule has 0 saturated heterocycles. The quantitative estimate of drug-likeness (QED) is 0.477. The van der Waals surface area contributed by atoms with E-state index >= 15 is 0 Å². The van der Waals surface area contributed by atoms with Crippen LogP contribution in [0.3, 0.4) is 0 Å². The van der Waals surface area contributed by atoms with Gasteiger partial charge in [0.15, 0.2) is 0 Å². The third-order valence-corrected chi connectivity index (χ3v) is 1.74. The molecule has 12 heavy (non-hydrogen) atoms. The van der Waals surface area contributed by atoms with Crippen molar-refractivity contribution in [1.82, 2.24) is 0 Å². The van der Waals surface area contributed by atoms with Gasteiger partial charge in [-0.25, -0.2) is 0 Å². The van der Waals surface area contributed by atoms with Crippen molar-refractivity contribution >= 4 is 0 Å². The molecule has 1 heteroatoms. The van der Waals surface area contributed by atoms with Gasteiger partial charge in [0.2, 0.25) is 0 Å². The van der Waals surface area contributed by atoms with Gasteiger partial charge in [-0.15, -0.1) is 11.8 Å². The fourth-order valence-corrected chi connectivity index (χ4v) is 0.965. The van der Waals surface area contributed by atoms with E-state index in [-0.39, 0.29) is 0 Å². The van der Waals surface area contributed by atoms with Crippen LogP contribution in [0.5, 0.6) is 0 Å². The van der Waals surface area contributed by atoms with Crippen molar-refractivity contribution in [2.24, 2.45) is 0 Å². The highest BCUT2D eigenvalue weighted by Gasteiger charge is 1.82. The second-order valence-electron chi connectivity index (χ2n) is 2.99. The zero-order valence-corrected chi connectivity index (χ0v) is 8.10. The second kappa shape index (κ2) is 10.5. The molecule has 0 amide bonds. The molecule has 0 aliphatic rings. The van der Waals surface area contributed by atoms with Gasteiger partial charge in [0.05, 0.1) is 0 Å². The minimum absolute atomic E-state index is 0.303. The van der Waals surface area contributed by atoms with Gasteiger partial charge in [0.1, 0.15) is 0 Å². The van der Waals surface area contributed by atoms with Gasteiger partial charge < -0.3 is 5.11 Å². The molecular formula is C11H20O. The van der Waals surface area contributed by atoms with Crippen molar-refractivity contribution in [1.29, 1.82) is 0 Å². The predicted molar refractivity (Wildman–Crippen MR) is 52.9 cm³/mol. The van der Waals surface area contributed by atoms with Crippen molar-refractivity contribution < 1.29 is 5.11 Å². The molecule has 0 saturated carbocycles. The molecule has 0 rings (SSSR count). The Morgan fingerprint density at radius 2 is 1.50 bits per heavy atom. The van der Waals surface area contributed by atoms with Gasteiger partial charge in [-0.2, -0.15) is 0 Å². The lowest BCUT2D eigenvalue weighted by molar-refractivity contribution is 0.285. The lowest BCUT2D eigenvalue weighted by Crippen LogP contribution is -1.80. The molecule has 1 nitrogen and oxygen atoms in total. The van der Waals surface area contributed by atoms with Gasteiger partial charge >= 0.3 is 0 Å². The first kappa shape index (κ1) is 11.5. The summed E-state index contributed by atoms with van der Waals surface area (Å²) in [6, 6.07) is 0. The fourth-order valence-electron chi connectivity index (χ4n) is 0.965. The molecule has 0 fully saturated rings. The summed E-state index contributed by atoms with van der Waals surface area (Å²) in [4.78, 5) is 0. The molecule has 0 aromatic rings. The Bertz CT molecular complexity index is 116. The Labute approximate surface area is 76.2 Å². The summed E-state index contributed by atoms with van der Waals surface area (Å²) < 4.78 is 0. The highest BCUT2D eigenvalue weighted by atomic mass is 16.2. The van der Waals surface area contributed by atoms with Gasteiger partial charge in [-0.3, -0.25) is 0 Å². The standard InChI is InChI=1S/C11H20O/c1-2-3-4-5-6-7-8-9-10-11-12/h12H,2-5,8-11H2,1H3. The molecule has 0 aliphatic carbocycles. The molecule has 0 bridgehead atoms. The zero-order chi connectivity index (χ0) is 9.07. The van der Waals surface area contributed by atoms with Crippen molar-refractivity contribution in [3.8, 4) is 11.8 Å². The van der Waals surface area contributed by atoms with Crippen molar-refractivity contribution in [3.63, 3.8) is 0 Å². The molecule has 0 unspecified atom stereocenters. The van der Waals surface area contributed by atoms with Crippen LogP contribution < -0.4 is 0 Å². The molecule has 0 heterocycles. The van der Waals surface area contributed by atoms with Crippen LogP contribution in [0.2, 0.25) is 0 Å². The highest BCUT2D eigenvalue weighted by molar-refractivity contribution is 4.98. The monoisotopic (exact) mass is 168 g/mol. The molecule has 0 aromatic carbocycles. The van der Waals surface area contributed by atoms with Crippen LogP contribution in [0.4, 0.5) is 0 Å². The molecule has 1 N–H and O–H groups in total. The van der Waals surface area contributed by atoms with Crippen LogP contribution in [0.1, 0.15) is 51.9 Å². The molecular weight excluding hydrogens is 148 g/mol. The van der Waals surface area contributed by atoms with Crippen LogP contribution in [-0.4, -0.2) is 11.7 Å². The largest absolute Gasteiger partial charge is 0.396 e. The molecule has 0 aliphatic heterocycles.